The van der Waals surface area contributed by atoms with Crippen LogP contribution >= 0.6 is 0 Å². The summed E-state index contributed by atoms with van der Waals surface area (Å²) in [4.78, 5) is 18.8. The lowest BCUT2D eigenvalue weighted by Crippen LogP contribution is -1.98. The first-order valence-electron chi connectivity index (χ1n) is 4.71. The molecule has 1 N–H and O–H groups in total. The Morgan fingerprint density at radius 2 is 2.19 bits per heavy atom. The van der Waals surface area contributed by atoms with Crippen LogP contribution in [0.4, 0.5) is 0 Å². The molecule has 5 nitrogen and oxygen atoms in total. The molecule has 0 saturated heterocycles. The number of rotatable bonds is 2. The Bertz CT molecular complexity index is 546. The molecule has 2 aromatic heterocycles. The topological polar surface area (TPSA) is 76.2 Å². The number of hydrogen-bond acceptors (Lipinski definition) is 4. The van der Waals surface area contributed by atoms with Crippen molar-refractivity contribution in [1.29, 1.82) is 0 Å². The van der Waals surface area contributed by atoms with Gasteiger partial charge in [0.15, 0.2) is 5.69 Å². The first-order valence-corrected chi connectivity index (χ1v) is 4.71. The van der Waals surface area contributed by atoms with Crippen LogP contribution in [0.2, 0.25) is 0 Å². The van der Waals surface area contributed by atoms with Gasteiger partial charge in [0.05, 0.1) is 0 Å². The van der Waals surface area contributed by atoms with Gasteiger partial charge in [0.2, 0.25) is 5.89 Å². The van der Waals surface area contributed by atoms with Gasteiger partial charge in [-0.05, 0) is 26.0 Å². The van der Waals surface area contributed by atoms with Crippen LogP contribution in [0.1, 0.15) is 21.9 Å². The van der Waals surface area contributed by atoms with Crippen molar-refractivity contribution in [3.05, 3.63) is 35.5 Å². The highest BCUT2D eigenvalue weighted by atomic mass is 16.4. The zero-order chi connectivity index (χ0) is 11.7. The van der Waals surface area contributed by atoms with E-state index in [1.165, 1.54) is 0 Å². The molecule has 0 bridgehead atoms. The Morgan fingerprint density at radius 1 is 1.44 bits per heavy atom. The summed E-state index contributed by atoms with van der Waals surface area (Å²) in [5.41, 5.74) is 1.50. The SMILES string of the molecule is Cc1cc(-c2nc(C(=O)O)c(C)o2)ccn1. The molecule has 0 fully saturated rings. The lowest BCUT2D eigenvalue weighted by molar-refractivity contribution is 0.0689. The average Bonchev–Trinajstić information content (AvgIpc) is 2.60. The van der Waals surface area contributed by atoms with Gasteiger partial charge < -0.3 is 9.52 Å². The van der Waals surface area contributed by atoms with Crippen LogP contribution in [0.3, 0.4) is 0 Å². The quantitative estimate of drug-likeness (QED) is 0.834. The Balaban J connectivity index is 2.49. The second kappa shape index (κ2) is 3.77. The second-order valence-corrected chi connectivity index (χ2v) is 3.41. The van der Waals surface area contributed by atoms with Crippen LogP contribution in [0.25, 0.3) is 11.5 Å². The molecule has 0 aromatic carbocycles. The van der Waals surface area contributed by atoms with E-state index in [0.717, 1.165) is 11.3 Å². The second-order valence-electron chi connectivity index (χ2n) is 3.41. The van der Waals surface area contributed by atoms with Crippen LogP contribution in [0.5, 0.6) is 0 Å². The normalized spacial score (nSPS) is 10.4. The Morgan fingerprint density at radius 3 is 2.75 bits per heavy atom. The molecule has 0 aliphatic carbocycles. The molecule has 0 unspecified atom stereocenters. The highest BCUT2D eigenvalue weighted by Crippen LogP contribution is 2.21. The third kappa shape index (κ3) is 1.79. The van der Waals surface area contributed by atoms with Crippen LogP contribution in [-0.2, 0) is 0 Å². The van der Waals surface area contributed by atoms with Crippen molar-refractivity contribution in [3.63, 3.8) is 0 Å². The number of carboxylic acids is 1. The average molecular weight is 218 g/mol. The fraction of sp³-hybridized carbons (Fsp3) is 0.182. The van der Waals surface area contributed by atoms with E-state index < -0.39 is 5.97 Å². The van der Waals surface area contributed by atoms with Gasteiger partial charge in [-0.2, -0.15) is 0 Å². The van der Waals surface area contributed by atoms with Gasteiger partial charge in [-0.15, -0.1) is 0 Å². The number of pyridine rings is 1. The molecule has 0 spiro atoms. The Kier molecular flexibility index (Phi) is 2.44. The predicted octanol–water partition coefficient (Wildman–Crippen LogP) is 2.05. The first-order chi connectivity index (χ1) is 7.58. The highest BCUT2D eigenvalue weighted by Gasteiger charge is 2.16. The molecule has 0 radical (unpaired) electrons. The van der Waals surface area contributed by atoms with E-state index in [9.17, 15) is 4.79 Å². The number of aromatic nitrogens is 2. The zero-order valence-corrected chi connectivity index (χ0v) is 8.89. The van der Waals surface area contributed by atoms with Crippen molar-refractivity contribution in [2.75, 3.05) is 0 Å². The minimum atomic E-state index is -1.08. The monoisotopic (exact) mass is 218 g/mol. The number of carbonyl (C=O) groups is 1. The largest absolute Gasteiger partial charge is 0.476 e. The lowest BCUT2D eigenvalue weighted by Gasteiger charge is -1.95. The summed E-state index contributed by atoms with van der Waals surface area (Å²) in [6.07, 6.45) is 1.63. The summed E-state index contributed by atoms with van der Waals surface area (Å²) in [5.74, 6) is -0.476. The van der Waals surface area contributed by atoms with Crippen molar-refractivity contribution in [3.8, 4) is 11.5 Å². The number of hydrogen-bond donors (Lipinski definition) is 1. The minimum absolute atomic E-state index is 0.0514. The molecule has 2 aromatic rings. The molecule has 0 saturated carbocycles. The third-order valence-electron chi connectivity index (χ3n) is 2.14. The van der Waals surface area contributed by atoms with Crippen molar-refractivity contribution < 1.29 is 14.3 Å². The van der Waals surface area contributed by atoms with Gasteiger partial charge in [0.1, 0.15) is 5.76 Å². The Hall–Kier alpha value is -2.17. The van der Waals surface area contributed by atoms with Crippen LogP contribution < -0.4 is 0 Å². The van der Waals surface area contributed by atoms with Gasteiger partial charge in [-0.25, -0.2) is 9.78 Å². The van der Waals surface area contributed by atoms with Gasteiger partial charge in [-0.3, -0.25) is 4.98 Å². The zero-order valence-electron chi connectivity index (χ0n) is 8.89. The van der Waals surface area contributed by atoms with Crippen LogP contribution in [-0.4, -0.2) is 21.0 Å². The maximum Gasteiger partial charge on any atom is 0.358 e. The maximum absolute atomic E-state index is 10.8. The standard InChI is InChI=1S/C11H10N2O3/c1-6-5-8(3-4-12-6)10-13-9(11(14)15)7(2)16-10/h3-5H,1-2H3,(H,14,15). The molecular formula is C11H10N2O3. The number of nitrogens with zero attached hydrogens (tertiary/aromatic N) is 2. The molecule has 5 heteroatoms. The van der Waals surface area contributed by atoms with Crippen LogP contribution in [0, 0.1) is 13.8 Å². The number of aryl methyl sites for hydroxylation is 2. The van der Waals surface area contributed by atoms with E-state index in [-0.39, 0.29) is 5.69 Å². The van der Waals surface area contributed by atoms with E-state index >= 15 is 0 Å². The predicted molar refractivity (Wildman–Crippen MR) is 56.2 cm³/mol. The molecule has 16 heavy (non-hydrogen) atoms. The van der Waals surface area contributed by atoms with E-state index in [1.807, 2.05) is 6.92 Å². The fourth-order valence-corrected chi connectivity index (χ4v) is 1.40. The summed E-state index contributed by atoms with van der Waals surface area (Å²) < 4.78 is 5.30. The van der Waals surface area contributed by atoms with Gasteiger partial charge in [-0.1, -0.05) is 0 Å². The van der Waals surface area contributed by atoms with Crippen molar-refractivity contribution in [2.24, 2.45) is 0 Å². The molecule has 0 amide bonds. The Labute approximate surface area is 91.8 Å². The summed E-state index contributed by atoms with van der Waals surface area (Å²) in [6, 6.07) is 3.51. The smallest absolute Gasteiger partial charge is 0.358 e. The summed E-state index contributed by atoms with van der Waals surface area (Å²) in [6.45, 7) is 3.42. The first kappa shape index (κ1) is 10.4. The molecular weight excluding hydrogens is 208 g/mol. The van der Waals surface area contributed by atoms with Crippen LogP contribution in [0.15, 0.2) is 22.7 Å². The van der Waals surface area contributed by atoms with E-state index in [4.69, 9.17) is 9.52 Å². The van der Waals surface area contributed by atoms with E-state index in [2.05, 4.69) is 9.97 Å². The van der Waals surface area contributed by atoms with E-state index in [0.29, 0.717) is 11.7 Å². The summed E-state index contributed by atoms with van der Waals surface area (Å²) in [7, 11) is 0. The number of oxazole rings is 1. The third-order valence-corrected chi connectivity index (χ3v) is 2.14. The number of carboxylic acid groups (broad SMARTS) is 1. The van der Waals surface area contributed by atoms with Crippen molar-refractivity contribution in [1.82, 2.24) is 9.97 Å². The van der Waals surface area contributed by atoms with E-state index in [1.54, 1.807) is 25.3 Å². The highest BCUT2D eigenvalue weighted by molar-refractivity contribution is 5.87. The van der Waals surface area contributed by atoms with Gasteiger partial charge in [0, 0.05) is 17.5 Å². The molecule has 2 rings (SSSR count). The molecule has 0 atom stereocenters. The lowest BCUT2D eigenvalue weighted by atomic mass is 10.2. The fourth-order valence-electron chi connectivity index (χ4n) is 1.40. The summed E-state index contributed by atoms with van der Waals surface area (Å²) >= 11 is 0. The minimum Gasteiger partial charge on any atom is -0.476 e. The maximum atomic E-state index is 10.8. The molecule has 0 aliphatic heterocycles. The van der Waals surface area contributed by atoms with Crippen molar-refractivity contribution >= 4 is 5.97 Å². The van der Waals surface area contributed by atoms with Gasteiger partial charge >= 0.3 is 5.97 Å². The summed E-state index contributed by atoms with van der Waals surface area (Å²) in [5, 5.41) is 8.85. The number of aromatic carboxylic acids is 1. The molecule has 82 valence electrons. The molecule has 0 aliphatic rings. The molecule has 2 heterocycles. The van der Waals surface area contributed by atoms with Crippen molar-refractivity contribution in [2.45, 2.75) is 13.8 Å². The van der Waals surface area contributed by atoms with Gasteiger partial charge in [0.25, 0.3) is 0 Å².